The topological polar surface area (TPSA) is 74.8 Å². The van der Waals surface area contributed by atoms with Gasteiger partial charge in [0, 0.05) is 30.2 Å². The molecule has 1 aromatic rings. The van der Waals surface area contributed by atoms with Crippen molar-refractivity contribution in [2.45, 2.75) is 0 Å². The number of nitrogens with one attached hydrogen (secondary N) is 2. The molecule has 0 saturated heterocycles. The Bertz CT molecular complexity index is 497. The van der Waals surface area contributed by atoms with E-state index in [1.165, 1.54) is 0 Å². The van der Waals surface area contributed by atoms with E-state index in [9.17, 15) is 0 Å². The number of nitrogens with two attached hydrogens (primary N) is 1. The van der Waals surface area contributed by atoms with Gasteiger partial charge in [-0.15, -0.1) is 0 Å². The Kier molecular flexibility index (Phi) is 3.35. The molecule has 17 heavy (non-hydrogen) atoms. The average Bonchev–Trinajstić information content (AvgIpc) is 2.40. The van der Waals surface area contributed by atoms with Crippen LogP contribution in [0.1, 0.15) is 5.56 Å². The SMILES string of the molecule is N=C(C=C(N)c1ccncc1)C1=CCNC=C1. The van der Waals surface area contributed by atoms with Crippen LogP contribution in [0.25, 0.3) is 5.70 Å². The van der Waals surface area contributed by atoms with Gasteiger partial charge in [0.25, 0.3) is 0 Å². The van der Waals surface area contributed by atoms with Crippen LogP contribution in [0.4, 0.5) is 0 Å². The molecule has 0 bridgehead atoms. The van der Waals surface area contributed by atoms with Gasteiger partial charge < -0.3 is 16.5 Å². The fraction of sp³-hybridized carbons (Fsp3) is 0.0769. The molecule has 0 amide bonds. The maximum absolute atomic E-state index is 7.94. The fourth-order valence-electron chi connectivity index (χ4n) is 1.52. The van der Waals surface area contributed by atoms with Gasteiger partial charge in [-0.2, -0.15) is 0 Å². The van der Waals surface area contributed by atoms with Crippen molar-refractivity contribution in [3.63, 3.8) is 0 Å². The molecule has 86 valence electrons. The number of pyridine rings is 1. The molecule has 0 aromatic carbocycles. The van der Waals surface area contributed by atoms with Crippen LogP contribution >= 0.6 is 0 Å². The summed E-state index contributed by atoms with van der Waals surface area (Å²) in [5.41, 5.74) is 8.67. The maximum atomic E-state index is 7.94. The second kappa shape index (κ2) is 5.12. The molecule has 1 aliphatic heterocycles. The normalized spacial score (nSPS) is 15.1. The molecule has 0 saturated carbocycles. The van der Waals surface area contributed by atoms with Gasteiger partial charge in [-0.25, -0.2) is 0 Å². The average molecular weight is 226 g/mol. The van der Waals surface area contributed by atoms with Gasteiger partial charge in [0.2, 0.25) is 0 Å². The lowest BCUT2D eigenvalue weighted by Crippen LogP contribution is -2.12. The molecule has 0 radical (unpaired) electrons. The first-order valence-corrected chi connectivity index (χ1v) is 5.34. The fourth-order valence-corrected chi connectivity index (χ4v) is 1.52. The Morgan fingerprint density at radius 1 is 1.41 bits per heavy atom. The molecule has 0 unspecified atom stereocenters. The van der Waals surface area contributed by atoms with Crippen molar-refractivity contribution >= 4 is 11.4 Å². The lowest BCUT2D eigenvalue weighted by molar-refractivity contribution is 0.966. The van der Waals surface area contributed by atoms with Crippen LogP contribution < -0.4 is 11.1 Å². The Morgan fingerprint density at radius 2 is 2.18 bits per heavy atom. The number of hydrogen-bond acceptors (Lipinski definition) is 4. The number of nitrogens with zero attached hydrogens (tertiary/aromatic N) is 1. The van der Waals surface area contributed by atoms with E-state index in [1.807, 2.05) is 30.5 Å². The summed E-state index contributed by atoms with van der Waals surface area (Å²) in [6, 6.07) is 3.65. The number of hydrogen-bond donors (Lipinski definition) is 3. The van der Waals surface area contributed by atoms with E-state index in [1.54, 1.807) is 18.5 Å². The van der Waals surface area contributed by atoms with Gasteiger partial charge in [-0.05, 0) is 36.1 Å². The summed E-state index contributed by atoms with van der Waals surface area (Å²) in [6.07, 6.45) is 10.7. The van der Waals surface area contributed by atoms with Crippen molar-refractivity contribution in [3.05, 3.63) is 60.1 Å². The highest BCUT2D eigenvalue weighted by Crippen LogP contribution is 2.10. The van der Waals surface area contributed by atoms with Crippen molar-refractivity contribution in [2.24, 2.45) is 5.73 Å². The van der Waals surface area contributed by atoms with Crippen molar-refractivity contribution in [1.82, 2.24) is 10.3 Å². The molecule has 0 spiro atoms. The standard InChI is InChI=1S/C13H14N4/c14-12(10-1-5-16-6-2-10)9-13(15)11-3-7-17-8-4-11/h1-7,9,15,17H,8,14H2. The quantitative estimate of drug-likeness (QED) is 0.683. The van der Waals surface area contributed by atoms with Gasteiger partial charge >= 0.3 is 0 Å². The summed E-state index contributed by atoms with van der Waals surface area (Å²) in [5, 5.41) is 11.0. The minimum absolute atomic E-state index is 0.414. The summed E-state index contributed by atoms with van der Waals surface area (Å²) in [7, 11) is 0. The van der Waals surface area contributed by atoms with Crippen LogP contribution in [0.2, 0.25) is 0 Å². The number of dihydropyridines is 1. The summed E-state index contributed by atoms with van der Waals surface area (Å²) in [4.78, 5) is 3.93. The first-order valence-electron chi connectivity index (χ1n) is 5.34. The van der Waals surface area contributed by atoms with E-state index >= 15 is 0 Å². The summed E-state index contributed by atoms with van der Waals surface area (Å²) in [6.45, 7) is 0.747. The molecule has 1 aliphatic rings. The van der Waals surface area contributed by atoms with Gasteiger partial charge in [0.05, 0.1) is 5.71 Å². The van der Waals surface area contributed by atoms with E-state index in [2.05, 4.69) is 10.3 Å². The Morgan fingerprint density at radius 3 is 2.82 bits per heavy atom. The second-order valence-corrected chi connectivity index (χ2v) is 3.65. The van der Waals surface area contributed by atoms with E-state index in [0.717, 1.165) is 17.7 Å². The number of allylic oxidation sites excluding steroid dienone is 3. The predicted octanol–water partition coefficient (Wildman–Crippen LogP) is 1.44. The molecular formula is C13H14N4. The monoisotopic (exact) mass is 226 g/mol. The third kappa shape index (κ3) is 2.81. The van der Waals surface area contributed by atoms with Crippen LogP contribution in [-0.4, -0.2) is 17.2 Å². The molecule has 0 atom stereocenters. The number of aromatic nitrogens is 1. The van der Waals surface area contributed by atoms with Gasteiger partial charge in [0.15, 0.2) is 0 Å². The first kappa shape index (κ1) is 11.1. The van der Waals surface area contributed by atoms with Crippen LogP contribution in [0, 0.1) is 5.41 Å². The van der Waals surface area contributed by atoms with Crippen molar-refractivity contribution in [3.8, 4) is 0 Å². The highest BCUT2D eigenvalue weighted by Gasteiger charge is 2.03. The minimum atomic E-state index is 0.414. The van der Waals surface area contributed by atoms with Crippen LogP contribution in [-0.2, 0) is 0 Å². The summed E-state index contributed by atoms with van der Waals surface area (Å²) in [5.74, 6) is 0. The number of rotatable bonds is 3. The molecule has 2 heterocycles. The smallest absolute Gasteiger partial charge is 0.0630 e. The molecule has 1 aromatic heterocycles. The molecular weight excluding hydrogens is 212 g/mol. The zero-order valence-electron chi connectivity index (χ0n) is 9.35. The molecule has 0 aliphatic carbocycles. The Balaban J connectivity index is 2.17. The van der Waals surface area contributed by atoms with E-state index in [4.69, 9.17) is 11.1 Å². The van der Waals surface area contributed by atoms with Crippen molar-refractivity contribution < 1.29 is 0 Å². The largest absolute Gasteiger partial charge is 0.398 e. The first-order chi connectivity index (χ1) is 8.27. The Hall–Kier alpha value is -2.36. The maximum Gasteiger partial charge on any atom is 0.0630 e. The van der Waals surface area contributed by atoms with Crippen LogP contribution in [0.3, 0.4) is 0 Å². The highest BCUT2D eigenvalue weighted by atomic mass is 14.8. The minimum Gasteiger partial charge on any atom is -0.398 e. The van der Waals surface area contributed by atoms with E-state index < -0.39 is 0 Å². The van der Waals surface area contributed by atoms with E-state index in [0.29, 0.717) is 11.4 Å². The lowest BCUT2D eigenvalue weighted by Gasteiger charge is -2.08. The van der Waals surface area contributed by atoms with E-state index in [-0.39, 0.29) is 0 Å². The highest BCUT2D eigenvalue weighted by molar-refractivity contribution is 6.11. The third-order valence-electron chi connectivity index (χ3n) is 2.45. The van der Waals surface area contributed by atoms with Crippen LogP contribution in [0.15, 0.2) is 54.5 Å². The third-order valence-corrected chi connectivity index (χ3v) is 2.45. The summed E-state index contributed by atoms with van der Waals surface area (Å²) < 4.78 is 0. The van der Waals surface area contributed by atoms with Gasteiger partial charge in [-0.1, -0.05) is 6.08 Å². The summed E-state index contributed by atoms with van der Waals surface area (Å²) >= 11 is 0. The Labute approximate surface area is 100 Å². The molecule has 4 heteroatoms. The molecule has 4 N–H and O–H groups in total. The van der Waals surface area contributed by atoms with Crippen molar-refractivity contribution in [1.29, 1.82) is 5.41 Å². The van der Waals surface area contributed by atoms with Crippen molar-refractivity contribution in [2.75, 3.05) is 6.54 Å². The van der Waals surface area contributed by atoms with Gasteiger partial charge in [0.1, 0.15) is 0 Å². The van der Waals surface area contributed by atoms with Gasteiger partial charge in [-0.3, -0.25) is 4.98 Å². The zero-order chi connectivity index (χ0) is 12.1. The molecule has 2 rings (SSSR count). The predicted molar refractivity (Wildman–Crippen MR) is 69.4 cm³/mol. The second-order valence-electron chi connectivity index (χ2n) is 3.65. The molecule has 0 fully saturated rings. The lowest BCUT2D eigenvalue weighted by atomic mass is 10.1. The molecule has 4 nitrogen and oxygen atoms in total. The zero-order valence-corrected chi connectivity index (χ0v) is 9.35. The van der Waals surface area contributed by atoms with Crippen LogP contribution in [0.5, 0.6) is 0 Å².